The zero-order chi connectivity index (χ0) is 19.8. The summed E-state index contributed by atoms with van der Waals surface area (Å²) in [4.78, 5) is 25.5. The van der Waals surface area contributed by atoms with E-state index in [1.165, 1.54) is 44.1 Å². The quantitative estimate of drug-likeness (QED) is 0.610. The summed E-state index contributed by atoms with van der Waals surface area (Å²) >= 11 is 0. The van der Waals surface area contributed by atoms with Crippen LogP contribution in [0.4, 0.5) is 0 Å². The summed E-state index contributed by atoms with van der Waals surface area (Å²) in [5.74, 6) is 2.42. The number of fused-ring (bicyclic) bond motifs is 1. The van der Waals surface area contributed by atoms with Crippen molar-refractivity contribution in [2.75, 3.05) is 7.05 Å². The minimum Gasteiger partial charge on any atom is -0.311 e. The van der Waals surface area contributed by atoms with Gasteiger partial charge in [0, 0.05) is 18.8 Å². The van der Waals surface area contributed by atoms with Crippen LogP contribution in [-0.4, -0.2) is 24.7 Å². The van der Waals surface area contributed by atoms with Crippen LogP contribution in [0, 0.1) is 17.8 Å². The minimum atomic E-state index is -0.104. The molecule has 0 radical (unpaired) electrons. The van der Waals surface area contributed by atoms with Gasteiger partial charge in [-0.05, 0) is 56.6 Å². The Kier molecular flexibility index (Phi) is 8.27. The third-order valence-electron chi connectivity index (χ3n) is 7.14. The first-order valence-corrected chi connectivity index (χ1v) is 11.5. The maximum Gasteiger partial charge on any atom is 0.149 e. The normalized spacial score (nSPS) is 25.7. The molecule has 0 spiro atoms. The Labute approximate surface area is 170 Å². The van der Waals surface area contributed by atoms with Crippen molar-refractivity contribution in [2.45, 2.75) is 83.1 Å². The molecule has 1 N–H and O–H groups in total. The Morgan fingerprint density at radius 3 is 2.54 bits per heavy atom. The molecule has 0 aliphatic heterocycles. The molecular formula is C25H37NO2. The minimum absolute atomic E-state index is 0.104. The molecule has 0 amide bonds. The van der Waals surface area contributed by atoms with Gasteiger partial charge in [0.1, 0.15) is 11.6 Å². The average molecular weight is 384 g/mol. The zero-order valence-corrected chi connectivity index (χ0v) is 17.5. The number of hydrogen-bond donors (Lipinski definition) is 1. The Balaban J connectivity index is 1.41. The number of likely N-dealkylation sites (N-methyl/N-ethyl adjacent to an activating group) is 1. The Hall–Kier alpha value is -1.48. The fraction of sp³-hybridized carbons (Fsp3) is 0.680. The van der Waals surface area contributed by atoms with Gasteiger partial charge >= 0.3 is 0 Å². The van der Waals surface area contributed by atoms with Crippen molar-refractivity contribution in [1.82, 2.24) is 5.32 Å². The molecule has 3 nitrogen and oxygen atoms in total. The van der Waals surface area contributed by atoms with Gasteiger partial charge in [-0.25, -0.2) is 0 Å². The standard InChI is InChI=1S/C25H37NO2/c1-26-23(18-17-19-9-3-2-4-10-19)25(28)16-8-15-24(27)22-14-7-12-20-11-5-6-13-21(20)22/h2-4,9-10,20-23,26H,5-8,11-18H2,1H3. The zero-order valence-electron chi connectivity index (χ0n) is 17.5. The van der Waals surface area contributed by atoms with Crippen LogP contribution >= 0.6 is 0 Å². The highest BCUT2D eigenvalue weighted by Gasteiger charge is 2.37. The van der Waals surface area contributed by atoms with Crippen LogP contribution in [0.15, 0.2) is 30.3 Å². The summed E-state index contributed by atoms with van der Waals surface area (Å²) in [5, 5.41) is 3.18. The van der Waals surface area contributed by atoms with Gasteiger partial charge in [0.15, 0.2) is 0 Å². The van der Waals surface area contributed by atoms with Gasteiger partial charge in [-0.2, -0.15) is 0 Å². The fourth-order valence-corrected chi connectivity index (χ4v) is 5.56. The average Bonchev–Trinajstić information content (AvgIpc) is 2.74. The summed E-state index contributed by atoms with van der Waals surface area (Å²) in [6.07, 6.45) is 12.4. The van der Waals surface area contributed by atoms with Crippen molar-refractivity contribution in [3.63, 3.8) is 0 Å². The van der Waals surface area contributed by atoms with E-state index in [1.54, 1.807) is 0 Å². The van der Waals surface area contributed by atoms with Gasteiger partial charge < -0.3 is 5.32 Å². The first kappa shape index (κ1) is 21.2. The van der Waals surface area contributed by atoms with E-state index >= 15 is 0 Å². The summed E-state index contributed by atoms with van der Waals surface area (Å²) in [6, 6.07) is 10.2. The molecule has 2 aliphatic rings. The van der Waals surface area contributed by atoms with E-state index in [1.807, 2.05) is 25.2 Å². The topological polar surface area (TPSA) is 46.2 Å². The summed E-state index contributed by atoms with van der Waals surface area (Å²) in [5.41, 5.74) is 1.27. The predicted molar refractivity (Wildman–Crippen MR) is 114 cm³/mol. The number of ketones is 2. The van der Waals surface area contributed by atoms with Crippen molar-refractivity contribution in [2.24, 2.45) is 17.8 Å². The van der Waals surface area contributed by atoms with Gasteiger partial charge in [0.2, 0.25) is 0 Å². The summed E-state index contributed by atoms with van der Waals surface area (Å²) in [6.45, 7) is 0. The molecule has 0 heterocycles. The second-order valence-corrected chi connectivity index (χ2v) is 8.90. The van der Waals surface area contributed by atoms with Crippen molar-refractivity contribution in [3.05, 3.63) is 35.9 Å². The molecule has 0 aromatic heterocycles. The number of Topliss-reactive ketones (excluding diaryl/α,β-unsaturated/α-hetero) is 2. The second-order valence-electron chi connectivity index (χ2n) is 8.90. The second kappa shape index (κ2) is 10.9. The Bertz CT molecular complexity index is 625. The van der Waals surface area contributed by atoms with Gasteiger partial charge in [0.25, 0.3) is 0 Å². The molecule has 2 saturated carbocycles. The smallest absolute Gasteiger partial charge is 0.149 e. The molecule has 2 aliphatic carbocycles. The molecule has 1 aromatic rings. The largest absolute Gasteiger partial charge is 0.311 e. The number of carbonyl (C=O) groups is 2. The van der Waals surface area contributed by atoms with E-state index in [0.717, 1.165) is 31.6 Å². The molecule has 4 unspecified atom stereocenters. The highest BCUT2D eigenvalue weighted by molar-refractivity contribution is 5.85. The molecule has 3 rings (SSSR count). The molecule has 2 fully saturated rings. The van der Waals surface area contributed by atoms with Crippen LogP contribution < -0.4 is 5.32 Å². The van der Waals surface area contributed by atoms with E-state index in [4.69, 9.17) is 0 Å². The van der Waals surface area contributed by atoms with E-state index in [2.05, 4.69) is 17.4 Å². The van der Waals surface area contributed by atoms with Crippen LogP contribution in [-0.2, 0) is 16.0 Å². The summed E-state index contributed by atoms with van der Waals surface area (Å²) < 4.78 is 0. The van der Waals surface area contributed by atoms with Gasteiger partial charge in [-0.15, -0.1) is 0 Å². The molecule has 28 heavy (non-hydrogen) atoms. The van der Waals surface area contributed by atoms with Crippen LogP contribution in [0.5, 0.6) is 0 Å². The monoisotopic (exact) mass is 383 g/mol. The van der Waals surface area contributed by atoms with Gasteiger partial charge in [-0.1, -0.05) is 62.4 Å². The number of benzene rings is 1. The van der Waals surface area contributed by atoms with Crippen molar-refractivity contribution in [1.29, 1.82) is 0 Å². The van der Waals surface area contributed by atoms with Gasteiger partial charge in [0.05, 0.1) is 6.04 Å². The first-order chi connectivity index (χ1) is 13.7. The maximum atomic E-state index is 12.9. The molecule has 1 aromatic carbocycles. The lowest BCUT2D eigenvalue weighted by Crippen LogP contribution is -2.36. The Morgan fingerprint density at radius 1 is 1.00 bits per heavy atom. The molecule has 154 valence electrons. The molecule has 0 saturated heterocycles. The van der Waals surface area contributed by atoms with Crippen LogP contribution in [0.1, 0.15) is 76.2 Å². The Morgan fingerprint density at radius 2 is 1.75 bits per heavy atom. The van der Waals surface area contributed by atoms with Crippen molar-refractivity contribution >= 4 is 11.6 Å². The van der Waals surface area contributed by atoms with Crippen molar-refractivity contribution < 1.29 is 9.59 Å². The highest BCUT2D eigenvalue weighted by Crippen LogP contribution is 2.44. The lowest BCUT2D eigenvalue weighted by Gasteiger charge is -2.40. The number of carbonyl (C=O) groups excluding carboxylic acids is 2. The predicted octanol–water partition coefficient (Wildman–Crippen LogP) is 5.12. The lowest BCUT2D eigenvalue weighted by atomic mass is 9.64. The van der Waals surface area contributed by atoms with Gasteiger partial charge in [-0.3, -0.25) is 9.59 Å². The first-order valence-electron chi connectivity index (χ1n) is 11.5. The van der Waals surface area contributed by atoms with E-state index in [0.29, 0.717) is 24.5 Å². The van der Waals surface area contributed by atoms with E-state index in [9.17, 15) is 9.59 Å². The number of rotatable bonds is 10. The van der Waals surface area contributed by atoms with E-state index < -0.39 is 0 Å². The van der Waals surface area contributed by atoms with Crippen LogP contribution in [0.2, 0.25) is 0 Å². The maximum absolute atomic E-state index is 12.9. The van der Waals surface area contributed by atoms with E-state index in [-0.39, 0.29) is 17.7 Å². The number of hydrogen-bond acceptors (Lipinski definition) is 3. The summed E-state index contributed by atoms with van der Waals surface area (Å²) in [7, 11) is 1.87. The third-order valence-corrected chi connectivity index (χ3v) is 7.14. The molecular weight excluding hydrogens is 346 g/mol. The molecule has 4 atom stereocenters. The van der Waals surface area contributed by atoms with Crippen molar-refractivity contribution in [3.8, 4) is 0 Å². The SMILES string of the molecule is CNC(CCc1ccccc1)C(=O)CCCC(=O)C1CCCC2CCCCC21. The number of nitrogens with one attached hydrogen (secondary N) is 1. The fourth-order valence-electron chi connectivity index (χ4n) is 5.56. The lowest BCUT2D eigenvalue weighted by molar-refractivity contribution is -0.127. The molecule has 0 bridgehead atoms. The highest BCUT2D eigenvalue weighted by atomic mass is 16.1. The number of aryl methyl sites for hydroxylation is 1. The van der Waals surface area contributed by atoms with Crippen LogP contribution in [0.3, 0.4) is 0 Å². The molecule has 3 heteroatoms. The van der Waals surface area contributed by atoms with Crippen LogP contribution in [0.25, 0.3) is 0 Å². The third kappa shape index (κ3) is 5.76.